The van der Waals surface area contributed by atoms with Crippen LogP contribution in [0.15, 0.2) is 93.9 Å². The number of hydrogen-bond donors (Lipinski definition) is 1. The molecule has 5 rings (SSSR count). The predicted molar refractivity (Wildman–Crippen MR) is 142 cm³/mol. The fraction of sp³-hybridized carbons (Fsp3) is 0.185. The SMILES string of the molecule is CC(C)Oc1ccc(N2C(=S)N[C@H](c3ccccn3)[C@@H]2c2ccc(-c3ccc(Br)cc3)o2)cc1. The van der Waals surface area contributed by atoms with Gasteiger partial charge in [0.05, 0.1) is 17.8 Å². The van der Waals surface area contributed by atoms with Gasteiger partial charge < -0.3 is 19.4 Å². The molecular formula is C27H24BrN3O2S. The number of ether oxygens (including phenoxy) is 1. The van der Waals surface area contributed by atoms with Crippen LogP contribution in [0.25, 0.3) is 11.3 Å². The average Bonchev–Trinajstić information content (AvgIpc) is 3.45. The van der Waals surface area contributed by atoms with E-state index in [-0.39, 0.29) is 18.2 Å². The lowest BCUT2D eigenvalue weighted by molar-refractivity contribution is 0.242. The Kier molecular flexibility index (Phi) is 6.39. The molecular weight excluding hydrogens is 510 g/mol. The van der Waals surface area contributed by atoms with Crippen LogP contribution in [-0.4, -0.2) is 16.2 Å². The summed E-state index contributed by atoms with van der Waals surface area (Å²) >= 11 is 9.30. The van der Waals surface area contributed by atoms with Gasteiger partial charge >= 0.3 is 0 Å². The Morgan fingerprint density at radius 2 is 1.76 bits per heavy atom. The van der Waals surface area contributed by atoms with Crippen molar-refractivity contribution in [3.63, 3.8) is 0 Å². The first-order valence-corrected chi connectivity index (χ1v) is 12.3. The predicted octanol–water partition coefficient (Wildman–Crippen LogP) is 7.07. The first kappa shape index (κ1) is 22.6. The molecule has 2 atom stereocenters. The van der Waals surface area contributed by atoms with Crippen molar-refractivity contribution in [3.05, 3.63) is 101 Å². The zero-order valence-corrected chi connectivity index (χ0v) is 21.2. The van der Waals surface area contributed by atoms with Crippen molar-refractivity contribution >= 4 is 38.9 Å². The maximum Gasteiger partial charge on any atom is 0.174 e. The Bertz CT molecular complexity index is 1270. The molecule has 1 fully saturated rings. The topological polar surface area (TPSA) is 50.5 Å². The number of furan rings is 1. The van der Waals surface area contributed by atoms with Crippen LogP contribution in [0.4, 0.5) is 5.69 Å². The summed E-state index contributed by atoms with van der Waals surface area (Å²) in [5.74, 6) is 2.44. The fourth-order valence-corrected chi connectivity index (χ4v) is 4.77. The third kappa shape index (κ3) is 4.58. The lowest BCUT2D eigenvalue weighted by Gasteiger charge is -2.26. The number of benzene rings is 2. The molecule has 3 heterocycles. The minimum absolute atomic E-state index is 0.113. The molecule has 0 radical (unpaired) electrons. The second-order valence-corrected chi connectivity index (χ2v) is 9.67. The maximum absolute atomic E-state index is 6.41. The molecule has 2 aromatic heterocycles. The van der Waals surface area contributed by atoms with Gasteiger partial charge in [0.15, 0.2) is 5.11 Å². The molecule has 0 saturated carbocycles. The third-order valence-corrected chi connectivity index (χ3v) is 6.48. The van der Waals surface area contributed by atoms with E-state index in [0.717, 1.165) is 38.7 Å². The Morgan fingerprint density at radius 3 is 2.44 bits per heavy atom. The highest BCUT2D eigenvalue weighted by atomic mass is 79.9. The van der Waals surface area contributed by atoms with Crippen LogP contribution in [-0.2, 0) is 0 Å². The lowest BCUT2D eigenvalue weighted by Crippen LogP contribution is -2.29. The summed E-state index contributed by atoms with van der Waals surface area (Å²) in [7, 11) is 0. The van der Waals surface area contributed by atoms with Gasteiger partial charge in [0.25, 0.3) is 0 Å². The van der Waals surface area contributed by atoms with Crippen LogP contribution in [0.3, 0.4) is 0 Å². The minimum atomic E-state index is -0.205. The Morgan fingerprint density at radius 1 is 1.00 bits per heavy atom. The molecule has 34 heavy (non-hydrogen) atoms. The number of rotatable bonds is 6. The van der Waals surface area contributed by atoms with Crippen molar-refractivity contribution < 1.29 is 9.15 Å². The molecule has 172 valence electrons. The molecule has 7 heteroatoms. The van der Waals surface area contributed by atoms with E-state index in [4.69, 9.17) is 21.4 Å². The second-order valence-electron chi connectivity index (χ2n) is 8.37. The zero-order valence-electron chi connectivity index (χ0n) is 18.8. The minimum Gasteiger partial charge on any atom is -0.491 e. The van der Waals surface area contributed by atoms with Crippen molar-refractivity contribution in [3.8, 4) is 17.1 Å². The highest BCUT2D eigenvalue weighted by Gasteiger charge is 2.42. The molecule has 5 nitrogen and oxygen atoms in total. The van der Waals surface area contributed by atoms with E-state index < -0.39 is 0 Å². The molecule has 4 aromatic rings. The van der Waals surface area contributed by atoms with Gasteiger partial charge in [-0.25, -0.2) is 0 Å². The number of nitrogens with zero attached hydrogens (tertiary/aromatic N) is 2. The highest BCUT2D eigenvalue weighted by Crippen LogP contribution is 2.43. The number of nitrogens with one attached hydrogen (secondary N) is 1. The van der Waals surface area contributed by atoms with Gasteiger partial charge in [0.1, 0.15) is 23.3 Å². The van der Waals surface area contributed by atoms with Gasteiger partial charge in [-0.2, -0.15) is 0 Å². The molecule has 0 unspecified atom stereocenters. The van der Waals surface area contributed by atoms with Gasteiger partial charge in [0, 0.05) is 21.9 Å². The number of aromatic nitrogens is 1. The second kappa shape index (κ2) is 9.60. The number of anilines is 1. The van der Waals surface area contributed by atoms with Crippen molar-refractivity contribution in [2.24, 2.45) is 0 Å². The summed E-state index contributed by atoms with van der Waals surface area (Å²) < 4.78 is 13.3. The molecule has 1 aliphatic rings. The number of pyridine rings is 1. The molecule has 1 N–H and O–H groups in total. The van der Waals surface area contributed by atoms with Crippen LogP contribution in [0, 0.1) is 0 Å². The fourth-order valence-electron chi connectivity index (χ4n) is 4.16. The number of hydrogen-bond acceptors (Lipinski definition) is 4. The summed E-state index contributed by atoms with van der Waals surface area (Å²) in [6, 6.07) is 25.6. The summed E-state index contributed by atoms with van der Waals surface area (Å²) in [4.78, 5) is 6.70. The van der Waals surface area contributed by atoms with E-state index in [0.29, 0.717) is 5.11 Å². The van der Waals surface area contributed by atoms with Gasteiger partial charge in [-0.05, 0) is 86.7 Å². The van der Waals surface area contributed by atoms with Gasteiger partial charge in [-0.1, -0.05) is 34.1 Å². The Hall–Kier alpha value is -3.16. The third-order valence-electron chi connectivity index (χ3n) is 5.63. The molecule has 1 aliphatic heterocycles. The van der Waals surface area contributed by atoms with Crippen molar-refractivity contribution in [2.45, 2.75) is 32.0 Å². The summed E-state index contributed by atoms with van der Waals surface area (Å²) in [5, 5.41) is 4.09. The molecule has 1 saturated heterocycles. The van der Waals surface area contributed by atoms with E-state index in [1.807, 2.05) is 92.7 Å². The largest absolute Gasteiger partial charge is 0.491 e. The van der Waals surface area contributed by atoms with Crippen molar-refractivity contribution in [1.29, 1.82) is 0 Å². The van der Waals surface area contributed by atoms with Crippen molar-refractivity contribution in [1.82, 2.24) is 10.3 Å². The van der Waals surface area contributed by atoms with Crippen LogP contribution >= 0.6 is 28.1 Å². The van der Waals surface area contributed by atoms with E-state index in [1.165, 1.54) is 0 Å². The first-order chi connectivity index (χ1) is 16.5. The van der Waals surface area contributed by atoms with Gasteiger partial charge in [-0.15, -0.1) is 0 Å². The quantitative estimate of drug-likeness (QED) is 0.267. The van der Waals surface area contributed by atoms with Crippen LogP contribution in [0.1, 0.15) is 37.4 Å². The molecule has 2 aromatic carbocycles. The standard InChI is InChI=1S/C27H24BrN3O2S/c1-17(2)32-21-12-10-20(11-13-21)31-26(25(30-27(31)34)22-5-3-4-16-29-22)24-15-14-23(33-24)18-6-8-19(28)9-7-18/h3-17,25-26H,1-2H3,(H,30,34)/t25-,26+/m1/s1. The monoisotopic (exact) mass is 533 g/mol. The van der Waals surface area contributed by atoms with Gasteiger partial charge in [-0.3, -0.25) is 4.98 Å². The van der Waals surface area contributed by atoms with E-state index in [1.54, 1.807) is 6.20 Å². The Balaban J connectivity index is 1.54. The normalized spacial score (nSPS) is 17.8. The van der Waals surface area contributed by atoms with E-state index in [2.05, 4.69) is 31.1 Å². The molecule has 0 bridgehead atoms. The Labute approximate surface area is 212 Å². The van der Waals surface area contributed by atoms with Crippen molar-refractivity contribution in [2.75, 3.05) is 4.90 Å². The number of thiocarbonyl (C=S) groups is 1. The molecule has 0 spiro atoms. The highest BCUT2D eigenvalue weighted by molar-refractivity contribution is 9.10. The van der Waals surface area contributed by atoms with Crippen LogP contribution in [0.5, 0.6) is 5.75 Å². The molecule has 0 aliphatic carbocycles. The molecule has 0 amide bonds. The van der Waals surface area contributed by atoms with E-state index >= 15 is 0 Å². The maximum atomic E-state index is 6.41. The van der Waals surface area contributed by atoms with Crippen LogP contribution < -0.4 is 15.0 Å². The van der Waals surface area contributed by atoms with Gasteiger partial charge in [0.2, 0.25) is 0 Å². The summed E-state index contributed by atoms with van der Waals surface area (Å²) in [6.07, 6.45) is 1.91. The lowest BCUT2D eigenvalue weighted by atomic mass is 10.0. The number of halogens is 1. The zero-order chi connectivity index (χ0) is 23.7. The summed E-state index contributed by atoms with van der Waals surface area (Å²) in [6.45, 7) is 4.03. The van der Waals surface area contributed by atoms with E-state index in [9.17, 15) is 0 Å². The first-order valence-electron chi connectivity index (χ1n) is 11.1. The summed E-state index contributed by atoms with van der Waals surface area (Å²) in [5.41, 5.74) is 2.87. The smallest absolute Gasteiger partial charge is 0.174 e. The van der Waals surface area contributed by atoms with Crippen LogP contribution in [0.2, 0.25) is 0 Å². The average molecular weight is 534 g/mol.